The van der Waals surface area contributed by atoms with Crippen LogP contribution in [0, 0.1) is 0 Å². The molecule has 0 saturated carbocycles. The van der Waals surface area contributed by atoms with E-state index in [9.17, 15) is 13.2 Å². The number of halogens is 1. The Morgan fingerprint density at radius 2 is 1.77 bits per heavy atom. The molecule has 1 amide bonds. The molecule has 140 valence electrons. The van der Waals surface area contributed by atoms with Gasteiger partial charge in [0.25, 0.3) is 0 Å². The smallest absolute Gasteiger partial charge is 0.243 e. The fourth-order valence-corrected chi connectivity index (χ4v) is 3.35. The summed E-state index contributed by atoms with van der Waals surface area (Å²) in [6.45, 7) is -0.0806. The highest BCUT2D eigenvalue weighted by Gasteiger charge is 2.20. The number of rotatable bonds is 7. The number of hydrogen-bond donors (Lipinski definition) is 2. The van der Waals surface area contributed by atoms with Gasteiger partial charge in [0.1, 0.15) is 10.6 Å². The van der Waals surface area contributed by atoms with Crippen molar-refractivity contribution < 1.29 is 22.7 Å². The Hall–Kier alpha value is -2.26. The Kier molecular flexibility index (Phi) is 6.49. The van der Waals surface area contributed by atoms with Gasteiger partial charge in [0.2, 0.25) is 5.91 Å². The van der Waals surface area contributed by atoms with Crippen molar-refractivity contribution in [3.05, 3.63) is 40.9 Å². The number of methoxy groups -OCH3 is 2. The molecule has 0 unspecified atom stereocenters. The number of hydrogen-bond acceptors (Lipinski definition) is 6. The second-order valence-electron chi connectivity index (χ2n) is 5.39. The number of carbonyl (C=O) groups excluding carboxylic acids is 1. The quantitative estimate of drug-likeness (QED) is 0.684. The molecule has 0 aromatic heterocycles. The van der Waals surface area contributed by atoms with E-state index < -0.39 is 9.84 Å². The number of carbonyl (C=O) groups is 1. The van der Waals surface area contributed by atoms with E-state index in [1.54, 1.807) is 18.2 Å². The fraction of sp³-hybridized carbons (Fsp3) is 0.235. The van der Waals surface area contributed by atoms with Crippen molar-refractivity contribution in [1.29, 1.82) is 0 Å². The maximum atomic E-state index is 12.1. The lowest BCUT2D eigenvalue weighted by Gasteiger charge is -2.16. The van der Waals surface area contributed by atoms with E-state index in [1.807, 2.05) is 12.1 Å². The molecular weight excluding hydrogens is 424 g/mol. The van der Waals surface area contributed by atoms with Gasteiger partial charge in [0, 0.05) is 28.5 Å². The average molecular weight is 443 g/mol. The Bertz CT molecular complexity index is 898. The molecule has 2 N–H and O–H groups in total. The normalized spacial score (nSPS) is 10.9. The van der Waals surface area contributed by atoms with E-state index in [4.69, 9.17) is 9.47 Å². The highest BCUT2D eigenvalue weighted by Crippen LogP contribution is 2.36. The first-order valence-electron chi connectivity index (χ1n) is 7.50. The molecule has 0 saturated heterocycles. The summed E-state index contributed by atoms with van der Waals surface area (Å²) in [6.07, 6.45) is 1.08. The molecule has 0 heterocycles. The molecule has 7 nitrogen and oxygen atoms in total. The van der Waals surface area contributed by atoms with Crippen molar-refractivity contribution in [2.24, 2.45) is 0 Å². The number of sulfone groups is 1. The summed E-state index contributed by atoms with van der Waals surface area (Å²) >= 11 is 3.33. The van der Waals surface area contributed by atoms with Crippen LogP contribution in [0.25, 0.3) is 0 Å². The van der Waals surface area contributed by atoms with Crippen LogP contribution in [0.15, 0.2) is 45.8 Å². The van der Waals surface area contributed by atoms with Crippen molar-refractivity contribution in [3.8, 4) is 11.5 Å². The van der Waals surface area contributed by atoms with Gasteiger partial charge in [0.15, 0.2) is 15.6 Å². The van der Waals surface area contributed by atoms with Gasteiger partial charge in [-0.25, -0.2) is 8.42 Å². The third-order valence-corrected chi connectivity index (χ3v) is 5.07. The zero-order chi connectivity index (χ0) is 19.3. The van der Waals surface area contributed by atoms with E-state index in [0.29, 0.717) is 17.1 Å². The molecule has 0 aliphatic carbocycles. The molecule has 0 fully saturated rings. The monoisotopic (exact) mass is 442 g/mol. The third kappa shape index (κ3) is 5.12. The lowest BCUT2D eigenvalue weighted by Crippen LogP contribution is -2.22. The number of ether oxygens (including phenoxy) is 2. The van der Waals surface area contributed by atoms with Crippen LogP contribution in [0.3, 0.4) is 0 Å². The predicted molar refractivity (Wildman–Crippen MR) is 104 cm³/mol. The zero-order valence-electron chi connectivity index (χ0n) is 14.5. The van der Waals surface area contributed by atoms with E-state index in [1.165, 1.54) is 20.3 Å². The minimum atomic E-state index is -3.54. The van der Waals surface area contributed by atoms with Crippen LogP contribution in [0.1, 0.15) is 0 Å². The molecule has 0 radical (unpaired) electrons. The summed E-state index contributed by atoms with van der Waals surface area (Å²) in [6, 6.07) is 10.1. The summed E-state index contributed by atoms with van der Waals surface area (Å²) in [5.41, 5.74) is 0.993. The van der Waals surface area contributed by atoms with Crippen molar-refractivity contribution in [2.75, 3.05) is 37.7 Å². The van der Waals surface area contributed by atoms with Crippen LogP contribution in [0.2, 0.25) is 0 Å². The molecule has 2 rings (SSSR count). The summed E-state index contributed by atoms with van der Waals surface area (Å²) in [5.74, 6) is 0.171. The molecule has 0 atom stereocenters. The van der Waals surface area contributed by atoms with Gasteiger partial charge in [0.05, 0.1) is 26.5 Å². The Morgan fingerprint density at radius 1 is 1.12 bits per heavy atom. The molecular formula is C17H19BrN2O5S. The van der Waals surface area contributed by atoms with Crippen molar-refractivity contribution >= 4 is 43.0 Å². The molecule has 0 aliphatic heterocycles. The first-order chi connectivity index (χ1) is 12.2. The average Bonchev–Trinajstić information content (AvgIpc) is 2.60. The molecule has 0 aliphatic rings. The number of anilines is 2. The lowest BCUT2D eigenvalue weighted by molar-refractivity contribution is -0.114. The lowest BCUT2D eigenvalue weighted by atomic mass is 10.2. The van der Waals surface area contributed by atoms with Crippen molar-refractivity contribution in [3.63, 3.8) is 0 Å². The van der Waals surface area contributed by atoms with Gasteiger partial charge < -0.3 is 20.1 Å². The standard InChI is InChI=1S/C17H19BrN2O5S/c1-24-13-8-14(17(25-2)15(9-13)26(3,22)23)19-10-16(21)20-12-6-4-11(18)5-7-12/h4-9,19H,10H2,1-3H3,(H,20,21). The number of nitrogens with one attached hydrogen (secondary N) is 2. The summed E-state index contributed by atoms with van der Waals surface area (Å²) in [4.78, 5) is 12.1. The predicted octanol–water partition coefficient (Wildman–Crippen LogP) is 2.92. The summed E-state index contributed by atoms with van der Waals surface area (Å²) in [5, 5.41) is 5.63. The van der Waals surface area contributed by atoms with Crippen molar-refractivity contribution in [2.45, 2.75) is 4.90 Å². The van der Waals surface area contributed by atoms with E-state index in [-0.39, 0.29) is 23.1 Å². The van der Waals surface area contributed by atoms with Gasteiger partial charge in [-0.05, 0) is 24.3 Å². The first-order valence-corrected chi connectivity index (χ1v) is 10.2. The Labute approximate surface area is 160 Å². The Morgan fingerprint density at radius 3 is 2.31 bits per heavy atom. The third-order valence-electron chi connectivity index (χ3n) is 3.44. The van der Waals surface area contributed by atoms with Crippen LogP contribution in [0.5, 0.6) is 11.5 Å². The topological polar surface area (TPSA) is 93.7 Å². The minimum absolute atomic E-state index is 0.0184. The summed E-state index contributed by atoms with van der Waals surface area (Å²) in [7, 11) is -0.749. The molecule has 0 bridgehead atoms. The fourth-order valence-electron chi connectivity index (χ4n) is 2.23. The number of amides is 1. The van der Waals surface area contributed by atoms with E-state index in [0.717, 1.165) is 10.7 Å². The zero-order valence-corrected chi connectivity index (χ0v) is 16.9. The van der Waals surface area contributed by atoms with Crippen molar-refractivity contribution in [1.82, 2.24) is 0 Å². The summed E-state index contributed by atoms with van der Waals surface area (Å²) < 4.78 is 35.3. The molecule has 0 spiro atoms. The van der Waals surface area contributed by atoms with Crippen LogP contribution >= 0.6 is 15.9 Å². The van der Waals surface area contributed by atoms with Gasteiger partial charge in [-0.15, -0.1) is 0 Å². The molecule has 26 heavy (non-hydrogen) atoms. The van der Waals surface area contributed by atoms with Crippen LogP contribution < -0.4 is 20.1 Å². The van der Waals surface area contributed by atoms with E-state index >= 15 is 0 Å². The molecule has 2 aromatic carbocycles. The van der Waals surface area contributed by atoms with Gasteiger partial charge in [-0.1, -0.05) is 15.9 Å². The van der Waals surface area contributed by atoms with E-state index in [2.05, 4.69) is 26.6 Å². The van der Waals surface area contributed by atoms with Crippen LogP contribution in [-0.4, -0.2) is 41.3 Å². The first kappa shape index (κ1) is 20.1. The maximum Gasteiger partial charge on any atom is 0.243 e. The molecule has 2 aromatic rings. The largest absolute Gasteiger partial charge is 0.497 e. The maximum absolute atomic E-state index is 12.1. The highest BCUT2D eigenvalue weighted by molar-refractivity contribution is 9.10. The molecule has 9 heteroatoms. The van der Waals surface area contributed by atoms with Crippen LogP contribution in [0.4, 0.5) is 11.4 Å². The highest BCUT2D eigenvalue weighted by atomic mass is 79.9. The second-order valence-corrected chi connectivity index (χ2v) is 8.29. The van der Waals surface area contributed by atoms with Crippen LogP contribution in [-0.2, 0) is 14.6 Å². The SMILES string of the molecule is COc1cc(NCC(=O)Nc2ccc(Br)cc2)c(OC)c(S(C)(=O)=O)c1. The number of benzene rings is 2. The minimum Gasteiger partial charge on any atom is -0.497 e. The second kappa shape index (κ2) is 8.41. The van der Waals surface area contributed by atoms with Gasteiger partial charge in [-0.3, -0.25) is 4.79 Å². The van der Waals surface area contributed by atoms with Gasteiger partial charge >= 0.3 is 0 Å². The van der Waals surface area contributed by atoms with Gasteiger partial charge in [-0.2, -0.15) is 0 Å². The Balaban J connectivity index is 2.20.